The van der Waals surface area contributed by atoms with Gasteiger partial charge in [0.15, 0.2) is 0 Å². The van der Waals surface area contributed by atoms with Crippen LogP contribution in [0.5, 0.6) is 0 Å². The third-order valence-electron chi connectivity index (χ3n) is 1.32. The molecule has 1 heteroatoms. The van der Waals surface area contributed by atoms with E-state index in [1.54, 1.807) is 0 Å². The Hall–Kier alpha value is 0.0187. The van der Waals surface area contributed by atoms with Crippen molar-refractivity contribution in [2.75, 3.05) is 0 Å². The van der Waals surface area contributed by atoms with E-state index in [1.807, 2.05) is 12.3 Å². The average molecular weight is 215 g/mol. The fourth-order valence-corrected chi connectivity index (χ4v) is 1.68. The van der Waals surface area contributed by atoms with Crippen LogP contribution in [0.25, 0.3) is 0 Å². The van der Waals surface area contributed by atoms with Crippen LogP contribution in [0.15, 0.2) is 32.0 Å². The van der Waals surface area contributed by atoms with Crippen molar-refractivity contribution in [3.05, 3.63) is 32.0 Å². The van der Waals surface area contributed by atoms with Crippen molar-refractivity contribution in [3.8, 4) is 0 Å². The van der Waals surface area contributed by atoms with Gasteiger partial charge < -0.3 is 0 Å². The molecule has 0 saturated heterocycles. The quantitative estimate of drug-likeness (QED) is 0.633. The van der Waals surface area contributed by atoms with Crippen LogP contribution < -0.4 is 0 Å². The van der Waals surface area contributed by atoms with Gasteiger partial charge >= 0.3 is 55.3 Å². The van der Waals surface area contributed by atoms with Crippen molar-refractivity contribution in [2.45, 2.75) is 4.94 Å². The first-order chi connectivity index (χ1) is 3.68. The predicted octanol–water partition coefficient (Wildman–Crippen LogP) is 2.24. The minimum atomic E-state index is -2.04. The molecule has 0 spiro atoms. The first-order valence-corrected chi connectivity index (χ1v) is 10.4. The van der Waals surface area contributed by atoms with Crippen molar-refractivity contribution >= 4 is 18.4 Å². The predicted molar refractivity (Wildman–Crippen MR) is 42.2 cm³/mol. The molecule has 0 nitrogen and oxygen atoms in total. The van der Waals surface area contributed by atoms with Crippen LogP contribution in [0.2, 0.25) is 4.94 Å². The molecule has 0 aliphatic rings. The summed E-state index contributed by atoms with van der Waals surface area (Å²) in [6.07, 6.45) is 0. The van der Waals surface area contributed by atoms with Crippen LogP contribution in [0.4, 0.5) is 0 Å². The molecular weight excluding hydrogens is 203 g/mol. The van der Waals surface area contributed by atoms with Crippen LogP contribution in [0.1, 0.15) is 0 Å². The van der Waals surface area contributed by atoms with Gasteiger partial charge in [-0.15, -0.1) is 0 Å². The van der Waals surface area contributed by atoms with Gasteiger partial charge in [0.25, 0.3) is 0 Å². The van der Waals surface area contributed by atoms with Crippen molar-refractivity contribution in [1.29, 1.82) is 0 Å². The molecular formula is C7H12Sn. The molecule has 0 N–H and O–H groups in total. The molecule has 0 fully saturated rings. The Morgan fingerprint density at radius 3 is 1.25 bits per heavy atom. The van der Waals surface area contributed by atoms with E-state index in [0.29, 0.717) is 0 Å². The van der Waals surface area contributed by atoms with E-state index < -0.39 is 18.4 Å². The maximum atomic E-state index is 3.73. The van der Waals surface area contributed by atoms with E-state index in [2.05, 4.69) is 24.7 Å². The minimum absolute atomic E-state index is 2.02. The zero-order valence-corrected chi connectivity index (χ0v) is 8.21. The fraction of sp³-hybridized carbons (Fsp3) is 0.143. The van der Waals surface area contributed by atoms with Crippen LogP contribution in [0, 0.1) is 0 Å². The molecule has 0 radical (unpaired) electrons. The molecule has 0 aromatic heterocycles. The molecule has 0 unspecified atom stereocenters. The summed E-state index contributed by atoms with van der Waals surface area (Å²) in [5, 5.41) is 0. The number of hydrogen-bond donors (Lipinski definition) is 0. The van der Waals surface area contributed by atoms with E-state index in [9.17, 15) is 0 Å². The summed E-state index contributed by atoms with van der Waals surface area (Å²) in [5.74, 6) is 0. The Kier molecular flexibility index (Phi) is 3.13. The standard InChI is InChI=1S/3C2H3.CH3.Sn/c3*1-2;;/h3*1H,2H2;1H3;. The molecule has 0 saturated carbocycles. The summed E-state index contributed by atoms with van der Waals surface area (Å²) in [4.78, 5) is 2.21. The van der Waals surface area contributed by atoms with E-state index in [4.69, 9.17) is 0 Å². The normalized spacial score (nSPS) is 10.1. The summed E-state index contributed by atoms with van der Waals surface area (Å²) in [7, 11) is 0. The Labute approximate surface area is 55.5 Å². The van der Waals surface area contributed by atoms with Gasteiger partial charge in [0, 0.05) is 0 Å². The van der Waals surface area contributed by atoms with Crippen LogP contribution in [0.3, 0.4) is 0 Å². The molecule has 0 rings (SSSR count). The topological polar surface area (TPSA) is 0 Å². The Morgan fingerprint density at radius 2 is 1.25 bits per heavy atom. The fourth-order valence-electron chi connectivity index (χ4n) is 0.250. The summed E-state index contributed by atoms with van der Waals surface area (Å²) >= 11 is -2.04. The Morgan fingerprint density at radius 1 is 1.00 bits per heavy atom. The van der Waals surface area contributed by atoms with Crippen molar-refractivity contribution in [3.63, 3.8) is 0 Å². The second-order valence-electron chi connectivity index (χ2n) is 1.98. The van der Waals surface area contributed by atoms with Gasteiger partial charge in [-0.25, -0.2) is 0 Å². The van der Waals surface area contributed by atoms with E-state index >= 15 is 0 Å². The molecule has 0 amide bonds. The first kappa shape index (κ1) is 8.02. The van der Waals surface area contributed by atoms with E-state index in [1.165, 1.54) is 0 Å². The van der Waals surface area contributed by atoms with Gasteiger partial charge in [-0.3, -0.25) is 0 Å². The first-order valence-electron chi connectivity index (χ1n) is 2.59. The molecule has 0 bridgehead atoms. The van der Waals surface area contributed by atoms with Gasteiger partial charge in [0.05, 0.1) is 0 Å². The summed E-state index contributed by atoms with van der Waals surface area (Å²) in [6.45, 7) is 11.2. The van der Waals surface area contributed by atoms with Gasteiger partial charge in [-0.1, -0.05) is 0 Å². The average Bonchev–Trinajstić information content (AvgIpc) is 1.87. The molecule has 0 aromatic rings. The zero-order valence-electron chi connectivity index (χ0n) is 5.35. The second kappa shape index (κ2) is 3.13. The van der Waals surface area contributed by atoms with Gasteiger partial charge in [-0.05, 0) is 0 Å². The molecule has 0 atom stereocenters. The van der Waals surface area contributed by atoms with Crippen LogP contribution in [-0.2, 0) is 0 Å². The van der Waals surface area contributed by atoms with Gasteiger partial charge in [0.2, 0.25) is 0 Å². The van der Waals surface area contributed by atoms with Crippen LogP contribution >= 0.6 is 0 Å². The third kappa shape index (κ3) is 1.86. The van der Waals surface area contributed by atoms with E-state index in [-0.39, 0.29) is 0 Å². The summed E-state index contributed by atoms with van der Waals surface area (Å²) < 4.78 is 6.07. The molecule has 8 heavy (non-hydrogen) atoms. The summed E-state index contributed by atoms with van der Waals surface area (Å²) in [5.41, 5.74) is 0. The van der Waals surface area contributed by atoms with Crippen molar-refractivity contribution < 1.29 is 0 Å². The molecule has 44 valence electrons. The van der Waals surface area contributed by atoms with E-state index in [0.717, 1.165) is 0 Å². The summed E-state index contributed by atoms with van der Waals surface area (Å²) in [6, 6.07) is 0. The third-order valence-corrected chi connectivity index (χ3v) is 8.85. The van der Waals surface area contributed by atoms with Gasteiger partial charge in [-0.2, -0.15) is 0 Å². The number of rotatable bonds is 3. The van der Waals surface area contributed by atoms with Crippen molar-refractivity contribution in [2.24, 2.45) is 0 Å². The monoisotopic (exact) mass is 216 g/mol. The van der Waals surface area contributed by atoms with Gasteiger partial charge in [0.1, 0.15) is 0 Å². The number of hydrogen-bond acceptors (Lipinski definition) is 0. The molecule has 0 aliphatic carbocycles. The molecule has 0 heterocycles. The van der Waals surface area contributed by atoms with Crippen LogP contribution in [-0.4, -0.2) is 18.4 Å². The molecule has 0 aliphatic heterocycles. The Balaban J connectivity index is 4.18. The second-order valence-corrected chi connectivity index (χ2v) is 13.3. The molecule has 0 aromatic carbocycles. The SMILES string of the molecule is C=[CH][Sn]([CH3])([CH]=C)[CH]=C. The maximum absolute atomic E-state index is 3.73. The zero-order chi connectivity index (χ0) is 6.62. The van der Waals surface area contributed by atoms with Crippen molar-refractivity contribution in [1.82, 2.24) is 0 Å². The Bertz CT molecular complexity index is 91.8.